The zero-order valence-corrected chi connectivity index (χ0v) is 16.0. The lowest BCUT2D eigenvalue weighted by Crippen LogP contribution is -2.37. The van der Waals surface area contributed by atoms with Crippen LogP contribution in [-0.4, -0.2) is 11.9 Å². The summed E-state index contributed by atoms with van der Waals surface area (Å²) in [5, 5.41) is 3.86. The molecule has 0 spiro atoms. The van der Waals surface area contributed by atoms with E-state index in [1.165, 1.54) is 18.4 Å². The molecule has 0 atom stereocenters. The van der Waals surface area contributed by atoms with Gasteiger partial charge in [-0.3, -0.25) is 4.79 Å². The molecular formula is C20H24ClNO2S. The Morgan fingerprint density at radius 3 is 2.76 bits per heavy atom. The van der Waals surface area contributed by atoms with E-state index in [9.17, 15) is 4.79 Å². The number of benzene rings is 1. The summed E-state index contributed by atoms with van der Waals surface area (Å²) in [7, 11) is 0. The van der Waals surface area contributed by atoms with Crippen molar-refractivity contribution in [3.8, 4) is 0 Å². The summed E-state index contributed by atoms with van der Waals surface area (Å²) in [6.45, 7) is 2.28. The Balaban J connectivity index is 1.46. The van der Waals surface area contributed by atoms with Crippen molar-refractivity contribution in [2.24, 2.45) is 5.92 Å². The Morgan fingerprint density at radius 1 is 1.20 bits per heavy atom. The number of amides is 1. The molecule has 0 unspecified atom stereocenters. The summed E-state index contributed by atoms with van der Waals surface area (Å²) in [6, 6.07) is 11.8. The van der Waals surface area contributed by atoms with Crippen molar-refractivity contribution in [3.63, 3.8) is 0 Å². The van der Waals surface area contributed by atoms with Crippen LogP contribution >= 0.6 is 23.4 Å². The van der Waals surface area contributed by atoms with Gasteiger partial charge in [0.1, 0.15) is 5.76 Å². The van der Waals surface area contributed by atoms with Crippen molar-refractivity contribution in [3.05, 3.63) is 58.5 Å². The van der Waals surface area contributed by atoms with Gasteiger partial charge in [0.05, 0.1) is 5.75 Å². The van der Waals surface area contributed by atoms with Gasteiger partial charge < -0.3 is 9.73 Å². The van der Waals surface area contributed by atoms with Crippen LogP contribution in [0.3, 0.4) is 0 Å². The van der Waals surface area contributed by atoms with Gasteiger partial charge in [-0.1, -0.05) is 30.7 Å². The lowest BCUT2D eigenvalue weighted by atomic mass is 9.87. The van der Waals surface area contributed by atoms with Gasteiger partial charge in [-0.15, -0.1) is 11.8 Å². The molecule has 1 aromatic carbocycles. The molecule has 1 aliphatic rings. The SMILES string of the molecule is CC1CCC(NC(=O)c2ccc(CSCc3cccc(Cl)c3)o2)CC1. The predicted octanol–water partition coefficient (Wildman–Crippen LogP) is 5.67. The van der Waals surface area contributed by atoms with Gasteiger partial charge in [0.2, 0.25) is 0 Å². The topological polar surface area (TPSA) is 42.2 Å². The minimum absolute atomic E-state index is 0.0920. The average Bonchev–Trinajstić information content (AvgIpc) is 3.06. The van der Waals surface area contributed by atoms with Crippen molar-refractivity contribution in [2.75, 3.05) is 0 Å². The minimum Gasteiger partial charge on any atom is -0.455 e. The summed E-state index contributed by atoms with van der Waals surface area (Å²) in [4.78, 5) is 12.3. The van der Waals surface area contributed by atoms with Crippen molar-refractivity contribution < 1.29 is 9.21 Å². The lowest BCUT2D eigenvalue weighted by Gasteiger charge is -2.26. The number of nitrogens with one attached hydrogen (secondary N) is 1. The van der Waals surface area contributed by atoms with Gasteiger partial charge in [0, 0.05) is 16.8 Å². The second-order valence-corrected chi connectivity index (χ2v) is 8.24. The monoisotopic (exact) mass is 377 g/mol. The van der Waals surface area contributed by atoms with Crippen LogP contribution in [0.25, 0.3) is 0 Å². The first-order chi connectivity index (χ1) is 12.1. The third-order valence-corrected chi connectivity index (χ3v) is 5.90. The summed E-state index contributed by atoms with van der Waals surface area (Å²) in [6.07, 6.45) is 4.51. The molecule has 25 heavy (non-hydrogen) atoms. The zero-order valence-electron chi connectivity index (χ0n) is 14.5. The Morgan fingerprint density at radius 2 is 2.00 bits per heavy atom. The van der Waals surface area contributed by atoms with Crippen molar-refractivity contribution in [1.82, 2.24) is 5.32 Å². The van der Waals surface area contributed by atoms with Crippen LogP contribution in [0.15, 0.2) is 40.8 Å². The number of rotatable bonds is 6. The van der Waals surface area contributed by atoms with E-state index in [1.54, 1.807) is 17.8 Å². The Kier molecular flexibility index (Phi) is 6.49. The third-order valence-electron chi connectivity index (χ3n) is 4.64. The Bertz CT molecular complexity index is 707. The summed E-state index contributed by atoms with van der Waals surface area (Å²) in [5.74, 6) is 3.53. The fourth-order valence-electron chi connectivity index (χ4n) is 3.13. The number of carbonyl (C=O) groups excluding carboxylic acids is 1. The van der Waals surface area contributed by atoms with Crippen LogP contribution in [-0.2, 0) is 11.5 Å². The van der Waals surface area contributed by atoms with E-state index in [0.717, 1.165) is 41.0 Å². The molecule has 0 aliphatic heterocycles. The number of hydrogen-bond acceptors (Lipinski definition) is 3. The van der Waals surface area contributed by atoms with Crippen molar-refractivity contribution in [1.29, 1.82) is 0 Å². The molecule has 1 aromatic heterocycles. The Hall–Kier alpha value is -1.39. The maximum Gasteiger partial charge on any atom is 0.287 e. The van der Waals surface area contributed by atoms with Crippen LogP contribution in [0.5, 0.6) is 0 Å². The number of carbonyl (C=O) groups is 1. The summed E-state index contributed by atoms with van der Waals surface area (Å²) < 4.78 is 5.71. The van der Waals surface area contributed by atoms with Crippen LogP contribution < -0.4 is 5.32 Å². The molecule has 1 N–H and O–H groups in total. The van der Waals surface area contributed by atoms with Gasteiger partial charge in [0.15, 0.2) is 5.76 Å². The molecule has 1 aliphatic carbocycles. The van der Waals surface area contributed by atoms with E-state index >= 15 is 0 Å². The fourth-order valence-corrected chi connectivity index (χ4v) is 4.22. The maximum atomic E-state index is 12.3. The number of furan rings is 1. The Labute approximate surface area is 158 Å². The molecule has 1 amide bonds. The van der Waals surface area contributed by atoms with E-state index in [1.807, 2.05) is 24.3 Å². The summed E-state index contributed by atoms with van der Waals surface area (Å²) in [5.41, 5.74) is 1.19. The van der Waals surface area contributed by atoms with Crippen molar-refractivity contribution >= 4 is 29.3 Å². The highest BCUT2D eigenvalue weighted by Crippen LogP contribution is 2.24. The molecule has 3 rings (SSSR count). The first-order valence-corrected chi connectivity index (χ1v) is 10.3. The first-order valence-electron chi connectivity index (χ1n) is 8.82. The highest BCUT2D eigenvalue weighted by atomic mass is 35.5. The number of halogens is 1. The largest absolute Gasteiger partial charge is 0.455 e. The normalized spacial score (nSPS) is 20.4. The maximum absolute atomic E-state index is 12.3. The average molecular weight is 378 g/mol. The second-order valence-electron chi connectivity index (χ2n) is 6.82. The van der Waals surface area contributed by atoms with E-state index < -0.39 is 0 Å². The van der Waals surface area contributed by atoms with Crippen LogP contribution in [0.4, 0.5) is 0 Å². The molecule has 1 heterocycles. The molecule has 5 heteroatoms. The number of hydrogen-bond donors (Lipinski definition) is 1. The van der Waals surface area contributed by atoms with Gasteiger partial charge in [0.25, 0.3) is 5.91 Å². The molecule has 0 saturated heterocycles. The number of thioether (sulfide) groups is 1. The van der Waals surface area contributed by atoms with Gasteiger partial charge in [-0.05, 0) is 61.4 Å². The molecule has 3 nitrogen and oxygen atoms in total. The summed E-state index contributed by atoms with van der Waals surface area (Å²) >= 11 is 7.74. The molecule has 1 saturated carbocycles. The van der Waals surface area contributed by atoms with E-state index in [2.05, 4.69) is 18.3 Å². The smallest absolute Gasteiger partial charge is 0.287 e. The molecule has 0 bridgehead atoms. The first kappa shape index (κ1) is 18.4. The van der Waals surface area contributed by atoms with E-state index in [4.69, 9.17) is 16.0 Å². The van der Waals surface area contributed by atoms with Crippen LogP contribution in [0.2, 0.25) is 5.02 Å². The molecule has 134 valence electrons. The van der Waals surface area contributed by atoms with Gasteiger partial charge >= 0.3 is 0 Å². The molecule has 2 aromatic rings. The van der Waals surface area contributed by atoms with E-state index in [0.29, 0.717) is 5.76 Å². The molecule has 0 radical (unpaired) electrons. The van der Waals surface area contributed by atoms with Crippen LogP contribution in [0, 0.1) is 5.92 Å². The minimum atomic E-state index is -0.0920. The zero-order chi connectivity index (χ0) is 17.6. The van der Waals surface area contributed by atoms with Gasteiger partial charge in [-0.2, -0.15) is 0 Å². The predicted molar refractivity (Wildman–Crippen MR) is 104 cm³/mol. The lowest BCUT2D eigenvalue weighted by molar-refractivity contribution is 0.0893. The fraction of sp³-hybridized carbons (Fsp3) is 0.450. The van der Waals surface area contributed by atoms with E-state index in [-0.39, 0.29) is 11.9 Å². The van der Waals surface area contributed by atoms with Crippen LogP contribution in [0.1, 0.15) is 54.5 Å². The standard InChI is InChI=1S/C20H24ClNO2S/c1-14-5-7-17(8-6-14)22-20(23)19-10-9-18(24-19)13-25-12-15-3-2-4-16(21)11-15/h2-4,9-11,14,17H,5-8,12-13H2,1H3,(H,22,23). The van der Waals surface area contributed by atoms with Gasteiger partial charge in [-0.25, -0.2) is 0 Å². The second kappa shape index (κ2) is 8.81. The third kappa shape index (κ3) is 5.55. The molecular weight excluding hydrogens is 354 g/mol. The quantitative estimate of drug-likeness (QED) is 0.704. The highest BCUT2D eigenvalue weighted by molar-refractivity contribution is 7.97. The van der Waals surface area contributed by atoms with Crippen molar-refractivity contribution in [2.45, 2.75) is 50.2 Å². The molecule has 1 fully saturated rings. The highest BCUT2D eigenvalue weighted by Gasteiger charge is 2.21.